The van der Waals surface area contributed by atoms with Crippen LogP contribution in [0.1, 0.15) is 66.7 Å². The Morgan fingerprint density at radius 3 is 2.36 bits per heavy atom. The van der Waals surface area contributed by atoms with Gasteiger partial charge in [-0.2, -0.15) is 0 Å². The van der Waals surface area contributed by atoms with Crippen molar-refractivity contribution in [2.24, 2.45) is 11.1 Å². The van der Waals surface area contributed by atoms with Gasteiger partial charge in [-0.25, -0.2) is 0 Å². The second kappa shape index (κ2) is 11.3. The van der Waals surface area contributed by atoms with Crippen molar-refractivity contribution in [1.82, 2.24) is 14.8 Å². The highest BCUT2D eigenvalue weighted by Crippen LogP contribution is 2.34. The van der Waals surface area contributed by atoms with E-state index in [1.54, 1.807) is 0 Å². The first-order chi connectivity index (χ1) is 17.2. The highest BCUT2D eigenvalue weighted by molar-refractivity contribution is 9.10. The molecule has 0 saturated carbocycles. The smallest absolute Gasteiger partial charge is 0.261 e. The number of hydrogen-bond acceptors (Lipinski definition) is 5. The average Bonchev–Trinajstić information content (AvgIpc) is 2.85. The van der Waals surface area contributed by atoms with Gasteiger partial charge in [0.1, 0.15) is 12.2 Å². The number of carbonyl (C=O) groups is 1. The van der Waals surface area contributed by atoms with E-state index in [0.717, 1.165) is 65.8 Å². The summed E-state index contributed by atoms with van der Waals surface area (Å²) in [5.74, 6) is 0.205. The zero-order chi connectivity index (χ0) is 25.9. The topological polar surface area (TPSA) is 78.0 Å². The molecular formula is C28H37BrN4O3. The van der Waals surface area contributed by atoms with E-state index in [4.69, 9.17) is 4.84 Å². The summed E-state index contributed by atoms with van der Waals surface area (Å²) in [5, 5.41) is 4.51. The number of rotatable bonds is 6. The number of aromatic amines is 1. The number of amides is 1. The van der Waals surface area contributed by atoms with E-state index in [9.17, 15) is 9.59 Å². The number of hydrogen-bond donors (Lipinski definition) is 1. The van der Waals surface area contributed by atoms with Crippen LogP contribution in [0.15, 0.2) is 44.8 Å². The number of H-pyrrole nitrogens is 1. The number of piperidine rings is 2. The van der Waals surface area contributed by atoms with Gasteiger partial charge in [0, 0.05) is 34.7 Å². The van der Waals surface area contributed by atoms with Gasteiger partial charge in [0.25, 0.3) is 11.5 Å². The van der Waals surface area contributed by atoms with Gasteiger partial charge >= 0.3 is 0 Å². The zero-order valence-electron chi connectivity index (χ0n) is 21.8. The quantitative estimate of drug-likeness (QED) is 0.405. The van der Waals surface area contributed by atoms with Crippen LogP contribution in [-0.2, 0) is 4.84 Å². The van der Waals surface area contributed by atoms with Gasteiger partial charge < -0.3 is 14.7 Å². The average molecular weight is 558 g/mol. The first-order valence-corrected chi connectivity index (χ1v) is 13.7. The largest absolute Gasteiger partial charge is 0.396 e. The molecule has 194 valence electrons. The lowest BCUT2D eigenvalue weighted by atomic mass is 9.82. The highest BCUT2D eigenvalue weighted by atomic mass is 79.9. The van der Waals surface area contributed by atoms with E-state index in [1.165, 1.54) is 0 Å². The molecule has 2 saturated heterocycles. The van der Waals surface area contributed by atoms with E-state index >= 15 is 0 Å². The molecule has 2 aliphatic heterocycles. The van der Waals surface area contributed by atoms with Crippen LogP contribution in [0.3, 0.4) is 0 Å². The zero-order valence-corrected chi connectivity index (χ0v) is 23.4. The van der Waals surface area contributed by atoms with E-state index in [-0.39, 0.29) is 22.6 Å². The Morgan fingerprint density at radius 2 is 1.78 bits per heavy atom. The minimum absolute atomic E-state index is 0.0470. The first-order valence-electron chi connectivity index (χ1n) is 12.9. The van der Waals surface area contributed by atoms with E-state index < -0.39 is 0 Å². The van der Waals surface area contributed by atoms with Crippen molar-refractivity contribution < 1.29 is 9.63 Å². The molecule has 1 N–H and O–H groups in total. The maximum Gasteiger partial charge on any atom is 0.261 e. The van der Waals surface area contributed by atoms with Crippen LogP contribution in [0.4, 0.5) is 0 Å². The summed E-state index contributed by atoms with van der Waals surface area (Å²) in [7, 11) is 0. The second-order valence-corrected chi connectivity index (χ2v) is 11.2. The van der Waals surface area contributed by atoms with Crippen LogP contribution in [0.5, 0.6) is 0 Å². The lowest BCUT2D eigenvalue weighted by Crippen LogP contribution is -2.57. The molecule has 2 aliphatic rings. The normalized spacial score (nSPS) is 19.4. The Hall–Kier alpha value is -2.45. The SMILES string of the molecule is CCO/N=C(/c1ccc(Br)cc1)C1CCN(C2(C)CCN(C(=O)c3c(C)cc(C)[nH]c3=O)CC2)CC1. The molecule has 0 atom stereocenters. The third-order valence-corrected chi connectivity index (χ3v) is 8.31. The molecule has 2 aromatic rings. The lowest BCUT2D eigenvalue weighted by molar-refractivity contribution is 0.0161. The van der Waals surface area contributed by atoms with Crippen LogP contribution in [0.2, 0.25) is 0 Å². The fourth-order valence-electron chi connectivity index (χ4n) is 5.60. The fourth-order valence-corrected chi connectivity index (χ4v) is 5.86. The minimum Gasteiger partial charge on any atom is -0.396 e. The number of nitrogens with zero attached hydrogens (tertiary/aromatic N) is 3. The molecule has 0 aliphatic carbocycles. The molecule has 0 spiro atoms. The summed E-state index contributed by atoms with van der Waals surface area (Å²) in [4.78, 5) is 38.3. The number of carbonyl (C=O) groups excluding carboxylic acids is 1. The molecule has 7 nitrogen and oxygen atoms in total. The third kappa shape index (κ3) is 5.75. The van der Waals surface area contributed by atoms with Gasteiger partial charge in [-0.3, -0.25) is 14.5 Å². The van der Waals surface area contributed by atoms with Crippen LogP contribution in [0.25, 0.3) is 0 Å². The summed E-state index contributed by atoms with van der Waals surface area (Å²) in [6.07, 6.45) is 3.86. The van der Waals surface area contributed by atoms with E-state index in [2.05, 4.69) is 50.0 Å². The number of benzene rings is 1. The van der Waals surface area contributed by atoms with Crippen molar-refractivity contribution in [1.29, 1.82) is 0 Å². The standard InChI is InChI=1S/C28H37BrN4O3/c1-5-36-31-25(21-6-8-23(29)9-7-21)22-10-14-33(15-11-22)28(4)12-16-32(17-13-28)27(35)24-19(2)18-20(3)30-26(24)34/h6-9,18,22H,5,10-17H2,1-4H3,(H,30,34)/b31-25-. The van der Waals surface area contributed by atoms with Gasteiger partial charge in [-0.05, 0) is 95.8 Å². The van der Waals surface area contributed by atoms with Crippen molar-refractivity contribution in [3.8, 4) is 0 Å². The maximum atomic E-state index is 13.2. The van der Waals surface area contributed by atoms with E-state index in [0.29, 0.717) is 25.6 Å². The van der Waals surface area contributed by atoms with Crippen molar-refractivity contribution in [2.75, 3.05) is 32.8 Å². The van der Waals surface area contributed by atoms with Crippen LogP contribution < -0.4 is 5.56 Å². The molecule has 8 heteroatoms. The first kappa shape index (κ1) is 26.6. The summed E-state index contributed by atoms with van der Waals surface area (Å²) in [5.41, 5.74) is 3.70. The summed E-state index contributed by atoms with van der Waals surface area (Å²) in [6.45, 7) is 11.8. The number of nitrogens with one attached hydrogen (secondary N) is 1. The molecule has 1 aromatic heterocycles. The number of pyridine rings is 1. The van der Waals surface area contributed by atoms with Gasteiger partial charge in [-0.1, -0.05) is 33.2 Å². The number of aromatic nitrogens is 1. The molecule has 0 radical (unpaired) electrons. The predicted octanol–water partition coefficient (Wildman–Crippen LogP) is 4.90. The lowest BCUT2D eigenvalue weighted by Gasteiger charge is -2.49. The second-order valence-electron chi connectivity index (χ2n) is 10.3. The molecule has 4 rings (SSSR count). The molecule has 0 unspecified atom stereocenters. The van der Waals surface area contributed by atoms with E-state index in [1.807, 2.05) is 43.9 Å². The Balaban J connectivity index is 1.38. The van der Waals surface area contributed by atoms with Crippen molar-refractivity contribution >= 4 is 27.5 Å². The van der Waals surface area contributed by atoms with Gasteiger partial charge in [0.05, 0.1) is 5.71 Å². The number of likely N-dealkylation sites (tertiary alicyclic amines) is 2. The highest BCUT2D eigenvalue weighted by Gasteiger charge is 2.39. The molecule has 1 aromatic carbocycles. The molecule has 2 fully saturated rings. The number of aryl methyl sites for hydroxylation is 2. The summed E-state index contributed by atoms with van der Waals surface area (Å²) >= 11 is 3.52. The Morgan fingerprint density at radius 1 is 1.14 bits per heavy atom. The molecule has 3 heterocycles. The van der Waals surface area contributed by atoms with Crippen molar-refractivity contribution in [2.45, 2.75) is 58.9 Å². The van der Waals surface area contributed by atoms with Crippen LogP contribution in [-0.4, -0.2) is 64.7 Å². The molecular weight excluding hydrogens is 520 g/mol. The Bertz CT molecular complexity index is 1160. The van der Waals surface area contributed by atoms with Gasteiger partial charge in [-0.15, -0.1) is 0 Å². The van der Waals surface area contributed by atoms with Crippen molar-refractivity contribution in [3.05, 3.63) is 67.5 Å². The third-order valence-electron chi connectivity index (χ3n) is 7.78. The summed E-state index contributed by atoms with van der Waals surface area (Å²) < 4.78 is 1.05. The van der Waals surface area contributed by atoms with Gasteiger partial charge in [0.15, 0.2) is 0 Å². The molecule has 1 amide bonds. The molecule has 0 bridgehead atoms. The fraction of sp³-hybridized carbons (Fsp3) is 0.536. The number of oxime groups is 1. The predicted molar refractivity (Wildman–Crippen MR) is 147 cm³/mol. The monoisotopic (exact) mass is 556 g/mol. The van der Waals surface area contributed by atoms with Crippen LogP contribution >= 0.6 is 15.9 Å². The van der Waals surface area contributed by atoms with Gasteiger partial charge in [0.2, 0.25) is 0 Å². The Labute approximate surface area is 222 Å². The maximum absolute atomic E-state index is 13.2. The molecule has 36 heavy (non-hydrogen) atoms. The number of halogens is 1. The minimum atomic E-state index is -0.289. The van der Waals surface area contributed by atoms with Crippen LogP contribution in [0, 0.1) is 19.8 Å². The Kier molecular flexibility index (Phi) is 8.35. The summed E-state index contributed by atoms with van der Waals surface area (Å²) in [6, 6.07) is 10.2. The van der Waals surface area contributed by atoms with Crippen molar-refractivity contribution in [3.63, 3.8) is 0 Å².